The van der Waals surface area contributed by atoms with Crippen molar-refractivity contribution in [2.24, 2.45) is 0 Å². The third-order valence-corrected chi connectivity index (χ3v) is 3.56. The summed E-state index contributed by atoms with van der Waals surface area (Å²) in [6.45, 7) is 1.62. The molecule has 2 rings (SSSR count). The summed E-state index contributed by atoms with van der Waals surface area (Å²) in [6, 6.07) is 3.63. The second-order valence-corrected chi connectivity index (χ2v) is 5.11. The first-order valence-electron chi connectivity index (χ1n) is 5.69. The molecule has 0 aromatic carbocycles. The SMILES string of the molecule is Cc1ccnc(Sc2ccc(C(F)(F)F)cn2)c1C(=O)O. The van der Waals surface area contributed by atoms with Crippen LogP contribution in [-0.4, -0.2) is 21.0 Å². The van der Waals surface area contributed by atoms with Gasteiger partial charge in [0.1, 0.15) is 10.1 Å². The van der Waals surface area contributed by atoms with E-state index < -0.39 is 17.7 Å². The molecule has 2 heterocycles. The van der Waals surface area contributed by atoms with Crippen molar-refractivity contribution in [3.05, 3.63) is 47.3 Å². The average molecular weight is 314 g/mol. The number of aryl methyl sites for hydroxylation is 1. The zero-order valence-electron chi connectivity index (χ0n) is 10.7. The quantitative estimate of drug-likeness (QED) is 0.937. The van der Waals surface area contributed by atoms with Crippen LogP contribution < -0.4 is 0 Å². The Morgan fingerprint density at radius 2 is 1.95 bits per heavy atom. The van der Waals surface area contributed by atoms with Gasteiger partial charge in [0.25, 0.3) is 0 Å². The molecule has 0 atom stereocenters. The molecule has 0 aliphatic heterocycles. The second-order valence-electron chi connectivity index (χ2n) is 4.10. The Kier molecular flexibility index (Phi) is 4.17. The molecule has 1 N–H and O–H groups in total. The molecule has 0 saturated heterocycles. The summed E-state index contributed by atoms with van der Waals surface area (Å²) in [5, 5.41) is 9.58. The van der Waals surface area contributed by atoms with Crippen molar-refractivity contribution < 1.29 is 23.1 Å². The van der Waals surface area contributed by atoms with E-state index >= 15 is 0 Å². The molecular formula is C13H9F3N2O2S. The molecule has 0 spiro atoms. The van der Waals surface area contributed by atoms with Gasteiger partial charge in [-0.15, -0.1) is 0 Å². The fourth-order valence-electron chi connectivity index (χ4n) is 1.58. The number of carbonyl (C=O) groups is 1. The number of aromatic nitrogens is 2. The van der Waals surface area contributed by atoms with Crippen LogP contribution in [0.25, 0.3) is 0 Å². The van der Waals surface area contributed by atoms with E-state index in [9.17, 15) is 18.0 Å². The predicted octanol–water partition coefficient (Wildman–Crippen LogP) is 3.65. The molecular weight excluding hydrogens is 305 g/mol. The summed E-state index contributed by atoms with van der Waals surface area (Å²) >= 11 is 0.906. The Hall–Kier alpha value is -2.09. The van der Waals surface area contributed by atoms with E-state index in [-0.39, 0.29) is 15.6 Å². The maximum Gasteiger partial charge on any atom is 0.417 e. The van der Waals surface area contributed by atoms with Gasteiger partial charge in [-0.3, -0.25) is 0 Å². The lowest BCUT2D eigenvalue weighted by atomic mass is 10.2. The lowest BCUT2D eigenvalue weighted by molar-refractivity contribution is -0.137. The first-order valence-corrected chi connectivity index (χ1v) is 6.50. The van der Waals surface area contributed by atoms with Crippen molar-refractivity contribution in [2.75, 3.05) is 0 Å². The number of hydrogen-bond acceptors (Lipinski definition) is 4. The second kappa shape index (κ2) is 5.72. The van der Waals surface area contributed by atoms with E-state index in [1.54, 1.807) is 13.0 Å². The Bertz CT molecular complexity index is 672. The monoisotopic (exact) mass is 314 g/mol. The number of pyridine rings is 2. The van der Waals surface area contributed by atoms with E-state index in [1.165, 1.54) is 12.3 Å². The van der Waals surface area contributed by atoms with Crippen LogP contribution in [0.4, 0.5) is 13.2 Å². The maximum atomic E-state index is 12.4. The van der Waals surface area contributed by atoms with Crippen LogP contribution >= 0.6 is 11.8 Å². The highest BCUT2D eigenvalue weighted by molar-refractivity contribution is 7.99. The van der Waals surface area contributed by atoms with Crippen molar-refractivity contribution >= 4 is 17.7 Å². The van der Waals surface area contributed by atoms with Gasteiger partial charge in [0.2, 0.25) is 0 Å². The highest BCUT2D eigenvalue weighted by Crippen LogP contribution is 2.32. The van der Waals surface area contributed by atoms with Gasteiger partial charge in [-0.05, 0) is 42.4 Å². The number of nitrogens with zero attached hydrogens (tertiary/aromatic N) is 2. The van der Waals surface area contributed by atoms with E-state index in [1.807, 2.05) is 0 Å². The normalized spacial score (nSPS) is 11.4. The van der Waals surface area contributed by atoms with Gasteiger partial charge in [-0.2, -0.15) is 13.2 Å². The molecule has 8 heteroatoms. The summed E-state index contributed by atoms with van der Waals surface area (Å²) in [7, 11) is 0. The van der Waals surface area contributed by atoms with Gasteiger partial charge in [0.15, 0.2) is 0 Å². The lowest BCUT2D eigenvalue weighted by Crippen LogP contribution is -2.06. The number of aromatic carboxylic acids is 1. The van der Waals surface area contributed by atoms with E-state index in [0.29, 0.717) is 11.8 Å². The lowest BCUT2D eigenvalue weighted by Gasteiger charge is -2.08. The van der Waals surface area contributed by atoms with Gasteiger partial charge in [-0.25, -0.2) is 14.8 Å². The van der Waals surface area contributed by atoms with Crippen LogP contribution in [0.2, 0.25) is 0 Å². The molecule has 21 heavy (non-hydrogen) atoms. The molecule has 0 radical (unpaired) electrons. The third-order valence-electron chi connectivity index (χ3n) is 2.60. The van der Waals surface area contributed by atoms with Gasteiger partial charge in [0, 0.05) is 12.4 Å². The molecule has 0 bridgehead atoms. The standard InChI is InChI=1S/C13H9F3N2O2S/c1-7-4-5-17-11(10(7)12(19)20)21-9-3-2-8(6-18-9)13(14,15)16/h2-6H,1H3,(H,19,20). The predicted molar refractivity (Wildman–Crippen MR) is 69.3 cm³/mol. The van der Waals surface area contributed by atoms with E-state index in [0.717, 1.165) is 17.8 Å². The summed E-state index contributed by atoms with van der Waals surface area (Å²) < 4.78 is 37.3. The first-order chi connectivity index (χ1) is 9.79. The highest BCUT2D eigenvalue weighted by Gasteiger charge is 2.30. The largest absolute Gasteiger partial charge is 0.478 e. The summed E-state index contributed by atoms with van der Waals surface area (Å²) in [4.78, 5) is 18.8. The Morgan fingerprint density at radius 3 is 2.48 bits per heavy atom. The Morgan fingerprint density at radius 1 is 1.24 bits per heavy atom. The van der Waals surface area contributed by atoms with Gasteiger partial charge in [-0.1, -0.05) is 0 Å². The molecule has 4 nitrogen and oxygen atoms in total. The molecule has 0 saturated carbocycles. The topological polar surface area (TPSA) is 63.1 Å². The summed E-state index contributed by atoms with van der Waals surface area (Å²) in [5.41, 5.74) is -0.321. The first kappa shape index (κ1) is 15.3. The minimum Gasteiger partial charge on any atom is -0.478 e. The fraction of sp³-hybridized carbons (Fsp3) is 0.154. The van der Waals surface area contributed by atoms with Crippen LogP contribution in [0.15, 0.2) is 40.6 Å². The zero-order valence-corrected chi connectivity index (χ0v) is 11.5. The number of carboxylic acids is 1. The summed E-state index contributed by atoms with van der Waals surface area (Å²) in [6.07, 6.45) is -2.31. The molecule has 0 amide bonds. The maximum absolute atomic E-state index is 12.4. The molecule has 2 aromatic rings. The zero-order chi connectivity index (χ0) is 15.6. The van der Waals surface area contributed by atoms with E-state index in [4.69, 9.17) is 5.11 Å². The van der Waals surface area contributed by atoms with Crippen molar-refractivity contribution in [1.29, 1.82) is 0 Å². The van der Waals surface area contributed by atoms with Gasteiger partial charge < -0.3 is 5.11 Å². The Balaban J connectivity index is 2.31. The Labute approximate surface area is 122 Å². The minimum atomic E-state index is -4.45. The van der Waals surface area contributed by atoms with Crippen molar-refractivity contribution in [3.63, 3.8) is 0 Å². The average Bonchev–Trinajstić information content (AvgIpc) is 2.38. The molecule has 0 unspecified atom stereocenters. The molecule has 0 fully saturated rings. The molecule has 0 aliphatic rings. The van der Waals surface area contributed by atoms with Gasteiger partial charge in [0.05, 0.1) is 11.1 Å². The molecule has 110 valence electrons. The van der Waals surface area contributed by atoms with Crippen LogP contribution in [0.5, 0.6) is 0 Å². The number of alkyl halides is 3. The van der Waals surface area contributed by atoms with Crippen LogP contribution in [0.3, 0.4) is 0 Å². The van der Waals surface area contributed by atoms with E-state index in [2.05, 4.69) is 9.97 Å². The number of hydrogen-bond donors (Lipinski definition) is 1. The number of halogens is 3. The van der Waals surface area contributed by atoms with Crippen LogP contribution in [0.1, 0.15) is 21.5 Å². The van der Waals surface area contributed by atoms with Crippen LogP contribution in [0, 0.1) is 6.92 Å². The number of carboxylic acid groups (broad SMARTS) is 1. The number of rotatable bonds is 3. The van der Waals surface area contributed by atoms with Crippen LogP contribution in [-0.2, 0) is 6.18 Å². The van der Waals surface area contributed by atoms with Gasteiger partial charge >= 0.3 is 12.1 Å². The van der Waals surface area contributed by atoms with Crippen molar-refractivity contribution in [3.8, 4) is 0 Å². The molecule has 0 aliphatic carbocycles. The van der Waals surface area contributed by atoms with Crippen molar-refractivity contribution in [2.45, 2.75) is 23.2 Å². The van der Waals surface area contributed by atoms with Crippen molar-refractivity contribution in [1.82, 2.24) is 9.97 Å². The summed E-state index contributed by atoms with van der Waals surface area (Å²) in [5.74, 6) is -1.14. The molecule has 2 aromatic heterocycles. The third kappa shape index (κ3) is 3.52. The minimum absolute atomic E-state index is 0.0178. The smallest absolute Gasteiger partial charge is 0.417 e. The highest BCUT2D eigenvalue weighted by atomic mass is 32.2. The fourth-order valence-corrected chi connectivity index (χ4v) is 2.48.